The van der Waals surface area contributed by atoms with E-state index in [1.165, 1.54) is 0 Å². The summed E-state index contributed by atoms with van der Waals surface area (Å²) in [4.78, 5) is 77.5. The van der Waals surface area contributed by atoms with Gasteiger partial charge in [0.15, 0.2) is 0 Å². The van der Waals surface area contributed by atoms with Gasteiger partial charge in [0.1, 0.15) is 24.4 Å². The third-order valence-corrected chi connectivity index (χ3v) is 9.42. The van der Waals surface area contributed by atoms with Crippen molar-refractivity contribution in [2.24, 2.45) is 17.1 Å². The molecule has 0 radical (unpaired) electrons. The molecule has 1 aliphatic carbocycles. The highest BCUT2D eigenvalue weighted by atomic mass is 16.5. The fraction of sp³-hybridized carbons (Fsp3) is 0.641. The maximum atomic E-state index is 14.1. The lowest BCUT2D eigenvalue weighted by atomic mass is 9.84. The summed E-state index contributed by atoms with van der Waals surface area (Å²) in [6.45, 7) is 7.98. The molecule has 0 bridgehead atoms. The van der Waals surface area contributed by atoms with Crippen LogP contribution in [-0.2, 0) is 46.5 Å². The zero-order chi connectivity index (χ0) is 38.6. The van der Waals surface area contributed by atoms with Crippen molar-refractivity contribution in [2.45, 2.75) is 116 Å². The van der Waals surface area contributed by atoms with Gasteiger partial charge in [-0.1, -0.05) is 77.1 Å². The summed E-state index contributed by atoms with van der Waals surface area (Å²) in [6, 6.07) is 4.11. The maximum absolute atomic E-state index is 14.1. The number of nitrogens with one attached hydrogen (secondary N) is 6. The number of carbonyl (C=O) groups is 6. The molecule has 1 aromatic carbocycles. The largest absolute Gasteiger partial charge is 0.378 e. The molecule has 1 aliphatic heterocycles. The Kier molecular flexibility index (Phi) is 18.6. The predicted molar refractivity (Wildman–Crippen MR) is 202 cm³/mol. The minimum absolute atomic E-state index is 0.124. The van der Waals surface area contributed by atoms with Crippen LogP contribution < -0.4 is 37.6 Å². The van der Waals surface area contributed by atoms with E-state index in [0.29, 0.717) is 38.2 Å². The number of allylic oxidation sites excluding steroid dienone is 1. The minimum Gasteiger partial charge on any atom is -0.378 e. The molecule has 1 saturated heterocycles. The number of rotatable bonds is 21. The summed E-state index contributed by atoms with van der Waals surface area (Å²) in [5.41, 5.74) is 6.62. The summed E-state index contributed by atoms with van der Waals surface area (Å²) in [7, 11) is 0. The Morgan fingerprint density at radius 2 is 1.60 bits per heavy atom. The molecule has 3 rings (SSSR count). The first kappa shape index (κ1) is 43.3. The normalized spacial score (nSPS) is 18.1. The van der Waals surface area contributed by atoms with E-state index in [2.05, 4.69) is 31.9 Å². The van der Waals surface area contributed by atoms with Crippen LogP contribution in [0.15, 0.2) is 36.4 Å². The average Bonchev–Trinajstić information content (AvgIpc) is 3.68. The number of hydrogen-bond donors (Lipinski definition) is 7. The molecule has 0 unspecified atom stereocenters. The molecule has 14 nitrogen and oxygen atoms in total. The van der Waals surface area contributed by atoms with Gasteiger partial charge in [0.05, 0.1) is 19.3 Å². The second-order valence-corrected chi connectivity index (χ2v) is 15.3. The number of hydrogen-bond acceptors (Lipinski definition) is 9. The Morgan fingerprint density at radius 1 is 0.887 bits per heavy atom. The third-order valence-electron chi connectivity index (χ3n) is 9.42. The molecule has 4 atom stereocenters. The zero-order valence-corrected chi connectivity index (χ0v) is 31.7. The van der Waals surface area contributed by atoms with Crippen molar-refractivity contribution in [2.75, 3.05) is 32.8 Å². The minimum atomic E-state index is -1.01. The molecule has 1 heterocycles. The van der Waals surface area contributed by atoms with Crippen molar-refractivity contribution < 1.29 is 33.5 Å². The molecule has 0 aromatic heterocycles. The molecule has 0 spiro atoms. The smallest absolute Gasteiger partial charge is 0.244 e. The molecule has 2 fully saturated rings. The Bertz CT molecular complexity index is 1380. The Hall–Kier alpha value is -4.14. The van der Waals surface area contributed by atoms with Gasteiger partial charge < -0.3 is 42.4 Å². The van der Waals surface area contributed by atoms with Gasteiger partial charge >= 0.3 is 0 Å². The predicted octanol–water partition coefficient (Wildman–Crippen LogP) is 1.30. The number of ether oxygens (including phenoxy) is 1. The van der Waals surface area contributed by atoms with Crippen LogP contribution in [-0.4, -0.2) is 92.8 Å². The number of aldehydes is 1. The van der Waals surface area contributed by atoms with Gasteiger partial charge in [-0.05, 0) is 60.8 Å². The quantitative estimate of drug-likeness (QED) is 0.0550. The van der Waals surface area contributed by atoms with Gasteiger partial charge in [0, 0.05) is 32.1 Å². The second kappa shape index (κ2) is 22.8. The summed E-state index contributed by atoms with van der Waals surface area (Å²) in [5, 5.41) is 17.6. The Labute approximate surface area is 313 Å². The van der Waals surface area contributed by atoms with E-state index in [0.717, 1.165) is 68.3 Å². The lowest BCUT2D eigenvalue weighted by molar-refractivity contribution is -0.134. The van der Waals surface area contributed by atoms with E-state index in [1.807, 2.05) is 39.0 Å². The van der Waals surface area contributed by atoms with E-state index in [4.69, 9.17) is 10.5 Å². The molecule has 53 heavy (non-hydrogen) atoms. The first-order valence-corrected chi connectivity index (χ1v) is 19.1. The zero-order valence-electron chi connectivity index (χ0n) is 31.7. The van der Waals surface area contributed by atoms with Gasteiger partial charge in [-0.15, -0.1) is 0 Å². The fourth-order valence-corrected chi connectivity index (χ4v) is 6.78. The second-order valence-electron chi connectivity index (χ2n) is 15.3. The molecule has 5 amide bonds. The molecule has 294 valence electrons. The van der Waals surface area contributed by atoms with Crippen LogP contribution in [0.2, 0.25) is 0 Å². The molecule has 1 aromatic rings. The van der Waals surface area contributed by atoms with Crippen molar-refractivity contribution in [1.29, 1.82) is 0 Å². The van der Waals surface area contributed by atoms with Gasteiger partial charge in [0.25, 0.3) is 0 Å². The van der Waals surface area contributed by atoms with E-state index in [1.54, 1.807) is 6.07 Å². The summed E-state index contributed by atoms with van der Waals surface area (Å²) in [5.74, 6) is -1.70. The van der Waals surface area contributed by atoms with Crippen LogP contribution in [0, 0.1) is 11.3 Å². The SMILES string of the molecule is CC(C)(C)C[C@H](NC(=O)[C@H](CC1CCCCC1)NC(=O)[C@H]1CCCN1)C(=O)N[C@@H](Cc1cccc(CNC(=O)/C=C/C=O)c1)C(=O)NCCOCCN. The number of amides is 5. The summed E-state index contributed by atoms with van der Waals surface area (Å²) >= 11 is 0. The lowest BCUT2D eigenvalue weighted by Crippen LogP contribution is -2.59. The van der Waals surface area contributed by atoms with E-state index in [9.17, 15) is 28.8 Å². The number of nitrogens with two attached hydrogens (primary N) is 1. The lowest BCUT2D eigenvalue weighted by Gasteiger charge is -2.31. The van der Waals surface area contributed by atoms with Crippen molar-refractivity contribution in [3.63, 3.8) is 0 Å². The topological polar surface area (TPSA) is 210 Å². The molecule has 1 saturated carbocycles. The maximum Gasteiger partial charge on any atom is 0.244 e. The van der Waals surface area contributed by atoms with Crippen LogP contribution in [0.25, 0.3) is 0 Å². The molecule has 14 heteroatoms. The highest BCUT2D eigenvalue weighted by molar-refractivity contribution is 5.95. The summed E-state index contributed by atoms with van der Waals surface area (Å²) in [6.07, 6.45) is 10.6. The van der Waals surface area contributed by atoms with E-state index in [-0.39, 0.29) is 49.9 Å². The fourth-order valence-electron chi connectivity index (χ4n) is 6.78. The van der Waals surface area contributed by atoms with E-state index >= 15 is 0 Å². The van der Waals surface area contributed by atoms with Crippen molar-refractivity contribution in [3.05, 3.63) is 47.5 Å². The highest BCUT2D eigenvalue weighted by Gasteiger charge is 2.34. The van der Waals surface area contributed by atoms with Gasteiger partial charge in [0.2, 0.25) is 29.5 Å². The van der Waals surface area contributed by atoms with Crippen molar-refractivity contribution >= 4 is 35.8 Å². The first-order valence-electron chi connectivity index (χ1n) is 19.1. The highest BCUT2D eigenvalue weighted by Crippen LogP contribution is 2.28. The molecule has 8 N–H and O–H groups in total. The summed E-state index contributed by atoms with van der Waals surface area (Å²) < 4.78 is 5.41. The monoisotopic (exact) mass is 739 g/mol. The average molecular weight is 740 g/mol. The van der Waals surface area contributed by atoms with Gasteiger partial charge in [-0.25, -0.2) is 0 Å². The molecular formula is C39H61N7O7. The Balaban J connectivity index is 1.80. The third kappa shape index (κ3) is 16.6. The van der Waals surface area contributed by atoms with Crippen LogP contribution in [0.5, 0.6) is 0 Å². The van der Waals surface area contributed by atoms with Gasteiger partial charge in [-0.3, -0.25) is 28.8 Å². The van der Waals surface area contributed by atoms with Crippen molar-refractivity contribution in [1.82, 2.24) is 31.9 Å². The first-order chi connectivity index (χ1) is 25.4. The van der Waals surface area contributed by atoms with Crippen LogP contribution in [0.4, 0.5) is 0 Å². The van der Waals surface area contributed by atoms with Crippen LogP contribution in [0.1, 0.15) is 89.7 Å². The van der Waals surface area contributed by atoms with Crippen molar-refractivity contribution in [3.8, 4) is 0 Å². The number of carbonyl (C=O) groups excluding carboxylic acids is 6. The van der Waals surface area contributed by atoms with E-state index < -0.39 is 41.8 Å². The van der Waals surface area contributed by atoms with Crippen LogP contribution in [0.3, 0.4) is 0 Å². The van der Waals surface area contributed by atoms with Crippen LogP contribution >= 0.6 is 0 Å². The Morgan fingerprint density at radius 3 is 2.28 bits per heavy atom. The van der Waals surface area contributed by atoms with Gasteiger partial charge in [-0.2, -0.15) is 0 Å². The molecular weight excluding hydrogens is 678 g/mol. The molecule has 2 aliphatic rings. The standard InChI is InChI=1S/C39H61N7O7/c1-39(2,3)25-33(46-37(51)32(23-27-10-5-4-6-11-27)45-36(50)30-14-8-17-41-30)38(52)44-31(35(49)42-18-21-53-20-16-40)24-28-12-7-13-29(22-28)26-43-34(48)15-9-19-47/h7,9,12-13,15,19,22,27,30-33,41H,4-6,8,10-11,14,16-18,20-21,23-26,40H2,1-3H3,(H,42,49)(H,43,48)(H,44,52)(H,45,50)(H,46,51)/b15-9+/t30-,31+,32+,33+/m1/s1. The number of benzene rings is 1.